The van der Waals surface area contributed by atoms with E-state index in [1.165, 1.54) is 6.42 Å². The van der Waals surface area contributed by atoms with Crippen LogP contribution in [0.15, 0.2) is 47.6 Å². The third-order valence-corrected chi connectivity index (χ3v) is 8.99. The molecule has 1 N–H and O–H groups in total. The number of ether oxygens (including phenoxy) is 1. The first kappa shape index (κ1) is 27.5. The maximum atomic E-state index is 16.0. The molecule has 0 unspecified atom stereocenters. The van der Waals surface area contributed by atoms with Gasteiger partial charge in [0.1, 0.15) is 24.5 Å². The Kier molecular flexibility index (Phi) is 6.92. The molecule has 0 bridgehead atoms. The molecule has 41 heavy (non-hydrogen) atoms. The van der Waals surface area contributed by atoms with Crippen molar-refractivity contribution in [2.45, 2.75) is 45.4 Å². The van der Waals surface area contributed by atoms with Crippen molar-refractivity contribution >= 4 is 22.9 Å². The Balaban J connectivity index is 1.67. The van der Waals surface area contributed by atoms with Gasteiger partial charge in [-0.2, -0.15) is 0 Å². The lowest BCUT2D eigenvalue weighted by Gasteiger charge is -2.40. The number of benzene rings is 2. The van der Waals surface area contributed by atoms with Crippen molar-refractivity contribution in [3.63, 3.8) is 0 Å². The van der Waals surface area contributed by atoms with E-state index in [1.807, 2.05) is 24.3 Å². The van der Waals surface area contributed by atoms with Gasteiger partial charge in [-0.15, -0.1) is 0 Å². The van der Waals surface area contributed by atoms with Crippen LogP contribution >= 0.6 is 0 Å². The highest BCUT2D eigenvalue weighted by molar-refractivity contribution is 6.08. The molecule has 0 spiro atoms. The second-order valence-corrected chi connectivity index (χ2v) is 11.7. The van der Waals surface area contributed by atoms with Gasteiger partial charge in [0, 0.05) is 65.9 Å². The molecule has 8 heteroatoms. The molecule has 0 aromatic heterocycles. The number of nitrogens with zero attached hydrogens (tertiary/aromatic N) is 2. The van der Waals surface area contributed by atoms with E-state index < -0.39 is 45.5 Å². The van der Waals surface area contributed by atoms with Gasteiger partial charge in [-0.05, 0) is 53.8 Å². The molecule has 4 aliphatic rings. The number of aromatic carboxylic acids is 1. The molecule has 2 heterocycles. The minimum atomic E-state index is -1.72. The molecule has 0 saturated carbocycles. The lowest BCUT2D eigenvalue weighted by atomic mass is 9.64. The summed E-state index contributed by atoms with van der Waals surface area (Å²) in [5.74, 6) is -5.82. The fourth-order valence-corrected chi connectivity index (χ4v) is 6.67. The van der Waals surface area contributed by atoms with Crippen molar-refractivity contribution in [1.82, 2.24) is 0 Å². The summed E-state index contributed by atoms with van der Waals surface area (Å²) in [7, 11) is 0. The zero-order valence-corrected chi connectivity index (χ0v) is 23.6. The Labute approximate surface area is 237 Å². The predicted octanol–water partition coefficient (Wildman–Crippen LogP) is 6.17. The molecular weight excluding hydrogens is 529 g/mol. The predicted molar refractivity (Wildman–Crippen MR) is 153 cm³/mol. The maximum absolute atomic E-state index is 16.0. The molecule has 0 atom stereocenters. The molecular formula is C33H34F3N2O3+. The Morgan fingerprint density at radius 1 is 1.00 bits per heavy atom. The van der Waals surface area contributed by atoms with Crippen molar-refractivity contribution in [2.24, 2.45) is 0 Å². The van der Waals surface area contributed by atoms with E-state index in [-0.39, 0.29) is 5.57 Å². The number of carboxylic acid groups (broad SMARTS) is 1. The standard InChI is InChI=1S/C33H33F3N2O3/c1-19-29(34)27(28(32(39)40)31(36)30(19)35)26-22-9-7-20(37-11-5-4-6-12-37)17-24(22)33(2,3)25-18-21(8-10-23(25)26)38-13-15-41-16-14-38/h7-10,17-18H,4-6,11-16H2,1-3H3/p+1. The second kappa shape index (κ2) is 10.3. The van der Waals surface area contributed by atoms with E-state index in [0.717, 1.165) is 68.5 Å². The summed E-state index contributed by atoms with van der Waals surface area (Å²) in [4.78, 5) is 14.6. The van der Waals surface area contributed by atoms with Crippen LogP contribution in [-0.2, 0) is 10.2 Å². The topological polar surface area (TPSA) is 52.8 Å². The number of carbonyl (C=O) groups is 1. The number of carboxylic acids is 1. The van der Waals surface area contributed by atoms with Gasteiger partial charge >= 0.3 is 5.97 Å². The minimum absolute atomic E-state index is 0.268. The normalized spacial score (nSPS) is 20.1. The molecule has 0 amide bonds. The number of hydrogen-bond donors (Lipinski definition) is 1. The number of piperidine rings is 1. The average molecular weight is 564 g/mol. The maximum Gasteiger partial charge on any atom is 0.339 e. The number of rotatable bonds is 3. The van der Waals surface area contributed by atoms with Gasteiger partial charge in [0.2, 0.25) is 0 Å². The second-order valence-electron chi connectivity index (χ2n) is 11.7. The zero-order chi connectivity index (χ0) is 29.1. The first-order valence-corrected chi connectivity index (χ1v) is 14.3. The lowest BCUT2D eigenvalue weighted by molar-refractivity contribution is -0.535. The summed E-state index contributed by atoms with van der Waals surface area (Å²) in [5.41, 5.74) is 2.79. The largest absolute Gasteiger partial charge is 0.478 e. The third kappa shape index (κ3) is 4.43. The number of morpholine rings is 1. The first-order chi connectivity index (χ1) is 19.6. The number of allylic oxidation sites excluding steroid dienone is 5. The van der Waals surface area contributed by atoms with Gasteiger partial charge in [0.05, 0.1) is 13.2 Å². The van der Waals surface area contributed by atoms with E-state index in [4.69, 9.17) is 4.74 Å². The summed E-state index contributed by atoms with van der Waals surface area (Å²) in [6.07, 6.45) is 9.36. The van der Waals surface area contributed by atoms with Crippen LogP contribution in [0.4, 0.5) is 18.9 Å². The summed E-state index contributed by atoms with van der Waals surface area (Å²) in [5, 5.41) is 10.0. The van der Waals surface area contributed by atoms with Gasteiger partial charge in [-0.1, -0.05) is 19.9 Å². The van der Waals surface area contributed by atoms with E-state index in [1.54, 1.807) is 0 Å². The van der Waals surface area contributed by atoms with E-state index in [2.05, 4.69) is 35.5 Å². The SMILES string of the molecule is Cc1c(F)c(F)c(C(=O)O)c(C2=C3C=CC(=[N+]4CCCCC4)C=C3C(C)(C)c3cc(N4CCOCC4)ccc32)c1F. The smallest absolute Gasteiger partial charge is 0.339 e. The number of anilines is 1. The number of halogens is 3. The Morgan fingerprint density at radius 2 is 1.71 bits per heavy atom. The van der Waals surface area contributed by atoms with Crippen LogP contribution in [0.25, 0.3) is 5.57 Å². The summed E-state index contributed by atoms with van der Waals surface area (Å²) < 4.78 is 53.9. The summed E-state index contributed by atoms with van der Waals surface area (Å²) >= 11 is 0. The fraction of sp³-hybridized carbons (Fsp3) is 0.394. The van der Waals surface area contributed by atoms with E-state index in [0.29, 0.717) is 24.4 Å². The van der Waals surface area contributed by atoms with Gasteiger partial charge in [0.15, 0.2) is 17.3 Å². The molecule has 6 rings (SSSR count). The highest BCUT2D eigenvalue weighted by Gasteiger charge is 2.42. The van der Waals surface area contributed by atoms with E-state index >= 15 is 8.78 Å². The van der Waals surface area contributed by atoms with Crippen molar-refractivity contribution in [3.8, 4) is 0 Å². The van der Waals surface area contributed by atoms with Crippen LogP contribution < -0.4 is 4.90 Å². The highest BCUT2D eigenvalue weighted by atomic mass is 19.2. The minimum Gasteiger partial charge on any atom is -0.478 e. The third-order valence-electron chi connectivity index (χ3n) is 8.99. The highest BCUT2D eigenvalue weighted by Crippen LogP contribution is 2.52. The quantitative estimate of drug-likeness (QED) is 0.358. The molecule has 2 aromatic rings. The van der Waals surface area contributed by atoms with Crippen molar-refractivity contribution in [3.05, 3.63) is 92.8 Å². The van der Waals surface area contributed by atoms with Crippen LogP contribution in [0.5, 0.6) is 0 Å². The zero-order valence-electron chi connectivity index (χ0n) is 23.6. The van der Waals surface area contributed by atoms with Crippen LogP contribution in [0.3, 0.4) is 0 Å². The molecule has 2 aromatic carbocycles. The van der Waals surface area contributed by atoms with Crippen molar-refractivity contribution in [1.29, 1.82) is 0 Å². The lowest BCUT2D eigenvalue weighted by Crippen LogP contribution is -2.37. The van der Waals surface area contributed by atoms with E-state index in [9.17, 15) is 14.3 Å². The molecule has 0 radical (unpaired) electrons. The Morgan fingerprint density at radius 3 is 2.39 bits per heavy atom. The van der Waals surface area contributed by atoms with Crippen LogP contribution in [0.2, 0.25) is 0 Å². The number of hydrogen-bond acceptors (Lipinski definition) is 3. The van der Waals surface area contributed by atoms with Crippen molar-refractivity contribution < 1.29 is 32.4 Å². The molecule has 5 nitrogen and oxygen atoms in total. The first-order valence-electron chi connectivity index (χ1n) is 14.3. The Hall–Kier alpha value is -3.65. The Bertz CT molecular complexity index is 1590. The van der Waals surface area contributed by atoms with Gasteiger partial charge in [0.25, 0.3) is 0 Å². The monoisotopic (exact) mass is 563 g/mol. The van der Waals surface area contributed by atoms with Crippen LogP contribution in [0.1, 0.15) is 65.7 Å². The van der Waals surface area contributed by atoms with Crippen molar-refractivity contribution in [2.75, 3.05) is 44.3 Å². The number of fused-ring (bicyclic) bond motifs is 2. The molecule has 2 fully saturated rings. The van der Waals surface area contributed by atoms with Crippen LogP contribution in [-0.4, -0.2) is 60.8 Å². The molecule has 2 aliphatic heterocycles. The molecule has 214 valence electrons. The van der Waals surface area contributed by atoms with Gasteiger partial charge in [-0.3, -0.25) is 0 Å². The average Bonchev–Trinajstić information content (AvgIpc) is 2.99. The summed E-state index contributed by atoms with van der Waals surface area (Å²) in [6, 6.07) is 5.86. The summed E-state index contributed by atoms with van der Waals surface area (Å²) in [6.45, 7) is 9.91. The van der Waals surface area contributed by atoms with Crippen LogP contribution in [0, 0.1) is 24.4 Å². The molecule has 2 saturated heterocycles. The fourth-order valence-electron chi connectivity index (χ4n) is 6.67. The molecule has 2 aliphatic carbocycles. The van der Waals surface area contributed by atoms with Gasteiger partial charge in [-0.25, -0.2) is 22.5 Å². The van der Waals surface area contributed by atoms with Gasteiger partial charge < -0.3 is 14.7 Å².